The predicted octanol–water partition coefficient (Wildman–Crippen LogP) is 2.87. The van der Waals surface area contributed by atoms with Gasteiger partial charge in [0.1, 0.15) is 17.5 Å². The van der Waals surface area contributed by atoms with Crippen LogP contribution in [0.5, 0.6) is 5.75 Å². The fourth-order valence-corrected chi connectivity index (χ4v) is 1.84. The summed E-state index contributed by atoms with van der Waals surface area (Å²) < 4.78 is 1.78. The zero-order chi connectivity index (χ0) is 13.1. The van der Waals surface area contributed by atoms with Crippen molar-refractivity contribution in [1.82, 2.24) is 4.57 Å². The molecular formula is C13H12ClN3O. The van der Waals surface area contributed by atoms with Gasteiger partial charge in [0.25, 0.3) is 0 Å². The summed E-state index contributed by atoms with van der Waals surface area (Å²) in [6, 6.07) is 8.88. The Balaban J connectivity index is 2.07. The van der Waals surface area contributed by atoms with Crippen molar-refractivity contribution in [2.75, 3.05) is 5.32 Å². The number of nitrogens with one attached hydrogen (secondary N) is 1. The van der Waals surface area contributed by atoms with E-state index >= 15 is 0 Å². The number of aryl methyl sites for hydroxylation is 1. The largest absolute Gasteiger partial charge is 0.506 e. The first-order chi connectivity index (χ1) is 8.60. The van der Waals surface area contributed by atoms with Crippen molar-refractivity contribution >= 4 is 17.3 Å². The average molecular weight is 262 g/mol. The first-order valence-electron chi connectivity index (χ1n) is 5.38. The van der Waals surface area contributed by atoms with Crippen molar-refractivity contribution in [3.63, 3.8) is 0 Å². The number of anilines is 1. The maximum absolute atomic E-state index is 9.30. The van der Waals surface area contributed by atoms with Crippen LogP contribution in [0.15, 0.2) is 30.5 Å². The highest BCUT2D eigenvalue weighted by molar-refractivity contribution is 6.32. The van der Waals surface area contributed by atoms with E-state index in [-0.39, 0.29) is 5.75 Å². The number of aromatic nitrogens is 1. The highest BCUT2D eigenvalue weighted by Crippen LogP contribution is 2.26. The zero-order valence-electron chi connectivity index (χ0n) is 9.81. The number of aromatic hydroxyl groups is 1. The standard InChI is InChI=1S/C13H12ClN3O/c1-17-8-9(4-11(17)6-15)7-16-10-2-3-13(18)12(14)5-10/h2-5,8,16,18H,7H2,1H3. The number of benzene rings is 1. The Morgan fingerprint density at radius 3 is 2.83 bits per heavy atom. The van der Waals surface area contributed by atoms with Gasteiger partial charge in [-0.15, -0.1) is 0 Å². The van der Waals surface area contributed by atoms with Crippen LogP contribution < -0.4 is 5.32 Å². The molecule has 2 rings (SSSR count). The number of halogens is 1. The molecule has 0 aliphatic carbocycles. The molecular weight excluding hydrogens is 250 g/mol. The summed E-state index contributed by atoms with van der Waals surface area (Å²) in [5, 5.41) is 21.6. The molecule has 0 saturated carbocycles. The summed E-state index contributed by atoms with van der Waals surface area (Å²) in [6.07, 6.45) is 1.90. The van der Waals surface area contributed by atoms with Gasteiger partial charge < -0.3 is 15.0 Å². The van der Waals surface area contributed by atoms with Gasteiger partial charge in [0.15, 0.2) is 0 Å². The highest BCUT2D eigenvalue weighted by Gasteiger charge is 2.03. The molecule has 1 heterocycles. The lowest BCUT2D eigenvalue weighted by Crippen LogP contribution is -1.98. The smallest absolute Gasteiger partial charge is 0.134 e. The second-order valence-electron chi connectivity index (χ2n) is 3.98. The number of nitrogens with zero attached hydrogens (tertiary/aromatic N) is 2. The van der Waals surface area contributed by atoms with Crippen LogP contribution in [0.1, 0.15) is 11.3 Å². The molecule has 0 radical (unpaired) electrons. The molecule has 0 aliphatic rings. The summed E-state index contributed by atoms with van der Waals surface area (Å²) in [4.78, 5) is 0. The van der Waals surface area contributed by atoms with Crippen molar-refractivity contribution in [3.8, 4) is 11.8 Å². The normalized spacial score (nSPS) is 10.1. The number of phenolic OH excluding ortho intramolecular Hbond substituents is 1. The van der Waals surface area contributed by atoms with Gasteiger partial charge in [-0.2, -0.15) is 5.26 Å². The van der Waals surface area contributed by atoms with E-state index in [4.69, 9.17) is 16.9 Å². The van der Waals surface area contributed by atoms with Gasteiger partial charge in [-0.25, -0.2) is 0 Å². The molecule has 0 bridgehead atoms. The topological polar surface area (TPSA) is 61.0 Å². The van der Waals surface area contributed by atoms with E-state index in [0.717, 1.165) is 11.3 Å². The molecule has 0 fully saturated rings. The molecule has 0 unspecified atom stereocenters. The quantitative estimate of drug-likeness (QED) is 0.835. The third-order valence-electron chi connectivity index (χ3n) is 2.62. The van der Waals surface area contributed by atoms with Crippen LogP contribution in [0.3, 0.4) is 0 Å². The lowest BCUT2D eigenvalue weighted by Gasteiger charge is -2.06. The fourth-order valence-electron chi connectivity index (χ4n) is 1.66. The minimum absolute atomic E-state index is 0.0636. The van der Waals surface area contributed by atoms with Gasteiger partial charge in [-0.1, -0.05) is 11.6 Å². The van der Waals surface area contributed by atoms with E-state index in [1.165, 1.54) is 6.07 Å². The van der Waals surface area contributed by atoms with Gasteiger partial charge in [-0.3, -0.25) is 0 Å². The average Bonchev–Trinajstić information content (AvgIpc) is 2.71. The maximum Gasteiger partial charge on any atom is 0.134 e. The Hall–Kier alpha value is -2.12. The Morgan fingerprint density at radius 2 is 2.22 bits per heavy atom. The third-order valence-corrected chi connectivity index (χ3v) is 2.92. The minimum atomic E-state index is 0.0636. The number of hydrogen-bond donors (Lipinski definition) is 2. The minimum Gasteiger partial charge on any atom is -0.506 e. The molecule has 5 heteroatoms. The van der Waals surface area contributed by atoms with E-state index in [9.17, 15) is 5.11 Å². The Labute approximate surface area is 110 Å². The molecule has 0 amide bonds. The van der Waals surface area contributed by atoms with E-state index in [1.54, 1.807) is 16.7 Å². The Morgan fingerprint density at radius 1 is 1.44 bits per heavy atom. The molecule has 92 valence electrons. The maximum atomic E-state index is 9.30. The van der Waals surface area contributed by atoms with Crippen molar-refractivity contribution < 1.29 is 5.11 Å². The van der Waals surface area contributed by atoms with Crippen LogP contribution >= 0.6 is 11.6 Å². The lowest BCUT2D eigenvalue weighted by atomic mass is 10.2. The second kappa shape index (κ2) is 5.03. The van der Waals surface area contributed by atoms with Crippen molar-refractivity contribution in [1.29, 1.82) is 5.26 Å². The van der Waals surface area contributed by atoms with Crippen molar-refractivity contribution in [2.24, 2.45) is 7.05 Å². The van der Waals surface area contributed by atoms with Gasteiger partial charge in [0, 0.05) is 25.5 Å². The van der Waals surface area contributed by atoms with Gasteiger partial charge in [0.2, 0.25) is 0 Å². The summed E-state index contributed by atoms with van der Waals surface area (Å²) >= 11 is 5.81. The summed E-state index contributed by atoms with van der Waals surface area (Å²) in [5.41, 5.74) is 2.45. The summed E-state index contributed by atoms with van der Waals surface area (Å²) in [7, 11) is 1.83. The number of nitriles is 1. The van der Waals surface area contributed by atoms with Gasteiger partial charge in [-0.05, 0) is 29.8 Å². The second-order valence-corrected chi connectivity index (χ2v) is 4.38. The molecule has 2 N–H and O–H groups in total. The molecule has 0 spiro atoms. The van der Waals surface area contributed by atoms with Gasteiger partial charge >= 0.3 is 0 Å². The molecule has 0 saturated heterocycles. The van der Waals surface area contributed by atoms with E-state index < -0.39 is 0 Å². The fraction of sp³-hybridized carbons (Fsp3) is 0.154. The molecule has 0 atom stereocenters. The molecule has 4 nitrogen and oxygen atoms in total. The zero-order valence-corrected chi connectivity index (χ0v) is 10.6. The van der Waals surface area contributed by atoms with E-state index in [1.807, 2.05) is 19.3 Å². The number of phenols is 1. The number of hydrogen-bond acceptors (Lipinski definition) is 3. The SMILES string of the molecule is Cn1cc(CNc2ccc(O)c(Cl)c2)cc1C#N. The van der Waals surface area contributed by atoms with Crippen molar-refractivity contribution in [2.45, 2.75) is 6.54 Å². The Bertz CT molecular complexity index is 613. The third kappa shape index (κ3) is 2.58. The molecule has 18 heavy (non-hydrogen) atoms. The van der Waals surface area contributed by atoms with Crippen LogP contribution in [-0.4, -0.2) is 9.67 Å². The van der Waals surface area contributed by atoms with Crippen LogP contribution in [0.2, 0.25) is 5.02 Å². The summed E-state index contributed by atoms with van der Waals surface area (Å²) in [5.74, 6) is 0.0636. The van der Waals surface area contributed by atoms with Crippen molar-refractivity contribution in [3.05, 3.63) is 46.7 Å². The Kier molecular flexibility index (Phi) is 3.45. The highest BCUT2D eigenvalue weighted by atomic mass is 35.5. The summed E-state index contributed by atoms with van der Waals surface area (Å²) in [6.45, 7) is 0.594. The van der Waals surface area contributed by atoms with Crippen LogP contribution in [0, 0.1) is 11.3 Å². The molecule has 1 aromatic heterocycles. The molecule has 2 aromatic rings. The van der Waals surface area contributed by atoms with E-state index in [0.29, 0.717) is 17.3 Å². The first kappa shape index (κ1) is 12.3. The first-order valence-corrected chi connectivity index (χ1v) is 5.75. The van der Waals surface area contributed by atoms with Crippen LogP contribution in [-0.2, 0) is 13.6 Å². The molecule has 0 aliphatic heterocycles. The van der Waals surface area contributed by atoms with E-state index in [2.05, 4.69) is 11.4 Å². The van der Waals surface area contributed by atoms with Crippen LogP contribution in [0.4, 0.5) is 5.69 Å². The predicted molar refractivity (Wildman–Crippen MR) is 70.6 cm³/mol. The monoisotopic (exact) mass is 261 g/mol. The van der Waals surface area contributed by atoms with Gasteiger partial charge in [0.05, 0.1) is 5.02 Å². The lowest BCUT2D eigenvalue weighted by molar-refractivity contribution is 0.475. The van der Waals surface area contributed by atoms with Crippen LogP contribution in [0.25, 0.3) is 0 Å². The number of rotatable bonds is 3. The molecule has 1 aromatic carbocycles.